The number of ketones is 1. The van der Waals surface area contributed by atoms with Gasteiger partial charge in [0.25, 0.3) is 0 Å². The summed E-state index contributed by atoms with van der Waals surface area (Å²) in [5, 5.41) is 10.6. The van der Waals surface area contributed by atoms with Gasteiger partial charge >= 0.3 is 0 Å². The lowest BCUT2D eigenvalue weighted by molar-refractivity contribution is 0.0505. The Kier molecular flexibility index (Phi) is 3.78. The highest BCUT2D eigenvalue weighted by Gasteiger charge is 2.34. The minimum atomic E-state index is -1.76. The molecule has 2 nitrogen and oxygen atoms in total. The molecule has 1 radical (unpaired) electrons. The molecule has 2 aromatic carbocycles. The van der Waals surface area contributed by atoms with Crippen LogP contribution in [0.2, 0.25) is 0 Å². The molecule has 2 rings (SSSR count). The van der Waals surface area contributed by atoms with Crippen LogP contribution in [0.3, 0.4) is 0 Å². The molecule has 0 aromatic heterocycles. The van der Waals surface area contributed by atoms with Crippen molar-refractivity contribution in [2.24, 2.45) is 0 Å². The third-order valence-electron chi connectivity index (χ3n) is 3.53. The van der Waals surface area contributed by atoms with E-state index in [4.69, 9.17) is 0 Å². The zero-order valence-corrected chi connectivity index (χ0v) is 12.1. The van der Waals surface area contributed by atoms with E-state index in [1.807, 2.05) is 39.0 Å². The molecule has 0 amide bonds. The second-order valence-corrected chi connectivity index (χ2v) is 5.33. The summed E-state index contributed by atoms with van der Waals surface area (Å²) in [5.41, 5.74) is 2.13. The first-order valence-corrected chi connectivity index (χ1v) is 6.60. The van der Waals surface area contributed by atoms with E-state index in [2.05, 4.69) is 6.92 Å². The number of aliphatic hydroxyl groups is 1. The van der Waals surface area contributed by atoms with Gasteiger partial charge < -0.3 is 5.11 Å². The number of benzene rings is 2. The lowest BCUT2D eigenvalue weighted by Gasteiger charge is -2.24. The van der Waals surface area contributed by atoms with Crippen molar-refractivity contribution >= 4 is 5.78 Å². The van der Waals surface area contributed by atoms with Gasteiger partial charge in [-0.3, -0.25) is 4.79 Å². The third-order valence-corrected chi connectivity index (χ3v) is 3.53. The van der Waals surface area contributed by atoms with Gasteiger partial charge in [-0.2, -0.15) is 0 Å². The molecule has 0 spiro atoms. The largest absolute Gasteiger partial charge is 0.377 e. The summed E-state index contributed by atoms with van der Waals surface area (Å²) in [5.74, 6) is -0.362. The summed E-state index contributed by atoms with van der Waals surface area (Å²) in [6, 6.07) is 12.7. The van der Waals surface area contributed by atoms with Crippen molar-refractivity contribution in [3.63, 3.8) is 0 Å². The summed E-state index contributed by atoms with van der Waals surface area (Å²) in [7, 11) is 0. The molecular formula is C18H19O2. The molecule has 0 saturated carbocycles. The fraction of sp³-hybridized carbons (Fsp3) is 0.222. The lowest BCUT2D eigenvalue weighted by atomic mass is 9.84. The quantitative estimate of drug-likeness (QED) is 0.864. The second-order valence-electron chi connectivity index (χ2n) is 5.33. The van der Waals surface area contributed by atoms with Crippen molar-refractivity contribution < 1.29 is 9.90 Å². The molecular weight excluding hydrogens is 248 g/mol. The van der Waals surface area contributed by atoms with Crippen molar-refractivity contribution in [1.82, 2.24) is 0 Å². The monoisotopic (exact) mass is 267 g/mol. The topological polar surface area (TPSA) is 37.3 Å². The maximum absolute atomic E-state index is 12.7. The third kappa shape index (κ3) is 2.52. The van der Waals surface area contributed by atoms with E-state index in [0.29, 0.717) is 11.1 Å². The molecule has 2 aromatic rings. The Bertz CT molecular complexity index is 617. The van der Waals surface area contributed by atoms with Crippen molar-refractivity contribution in [3.05, 3.63) is 77.2 Å². The fourth-order valence-corrected chi connectivity index (χ4v) is 2.59. The second kappa shape index (κ2) is 5.22. The molecule has 0 saturated heterocycles. The van der Waals surface area contributed by atoms with E-state index in [9.17, 15) is 9.90 Å². The minimum absolute atomic E-state index is 0.362. The van der Waals surface area contributed by atoms with Crippen LogP contribution in [0, 0.1) is 27.7 Å². The number of rotatable bonds is 3. The van der Waals surface area contributed by atoms with Crippen LogP contribution >= 0.6 is 0 Å². The molecule has 0 aliphatic heterocycles. The summed E-state index contributed by atoms with van der Waals surface area (Å²) < 4.78 is 0. The van der Waals surface area contributed by atoms with Crippen LogP contribution in [0.5, 0.6) is 0 Å². The number of aryl methyl sites for hydroxylation is 3. The Labute approximate surface area is 120 Å². The van der Waals surface area contributed by atoms with Crippen molar-refractivity contribution in [2.45, 2.75) is 26.4 Å². The van der Waals surface area contributed by atoms with Crippen LogP contribution in [-0.2, 0) is 5.60 Å². The summed E-state index contributed by atoms with van der Waals surface area (Å²) in [4.78, 5) is 12.7. The van der Waals surface area contributed by atoms with E-state index >= 15 is 0 Å². The predicted octanol–water partition coefficient (Wildman–Crippen LogP) is 3.52. The number of carbonyl (C=O) groups excluding carboxylic acids is 1. The van der Waals surface area contributed by atoms with E-state index in [1.165, 1.54) is 0 Å². The van der Waals surface area contributed by atoms with Crippen LogP contribution in [-0.4, -0.2) is 10.9 Å². The van der Waals surface area contributed by atoms with Crippen molar-refractivity contribution in [2.75, 3.05) is 0 Å². The molecule has 103 valence electrons. The first kappa shape index (κ1) is 14.5. The van der Waals surface area contributed by atoms with Crippen LogP contribution < -0.4 is 0 Å². The first-order valence-electron chi connectivity index (χ1n) is 6.60. The van der Waals surface area contributed by atoms with E-state index in [0.717, 1.165) is 16.7 Å². The lowest BCUT2D eigenvalue weighted by Crippen LogP contribution is -2.33. The molecule has 0 aliphatic carbocycles. The van der Waals surface area contributed by atoms with E-state index in [1.54, 1.807) is 24.3 Å². The van der Waals surface area contributed by atoms with Gasteiger partial charge in [-0.15, -0.1) is 0 Å². The summed E-state index contributed by atoms with van der Waals surface area (Å²) in [6.07, 6.45) is 0. The molecule has 2 heteroatoms. The van der Waals surface area contributed by atoms with Gasteiger partial charge in [-0.25, -0.2) is 0 Å². The Morgan fingerprint density at radius 3 is 2.05 bits per heavy atom. The van der Waals surface area contributed by atoms with Crippen molar-refractivity contribution in [3.8, 4) is 0 Å². The highest BCUT2D eigenvalue weighted by molar-refractivity contribution is 6.05. The van der Waals surface area contributed by atoms with E-state index < -0.39 is 5.60 Å². The molecule has 0 heterocycles. The van der Waals surface area contributed by atoms with Gasteiger partial charge in [-0.05, 0) is 44.4 Å². The average molecular weight is 267 g/mol. The van der Waals surface area contributed by atoms with Gasteiger partial charge in [0.05, 0.1) is 0 Å². The van der Waals surface area contributed by atoms with Crippen LogP contribution in [0.4, 0.5) is 0 Å². The Morgan fingerprint density at radius 2 is 1.55 bits per heavy atom. The zero-order chi connectivity index (χ0) is 14.9. The molecule has 20 heavy (non-hydrogen) atoms. The highest BCUT2D eigenvalue weighted by Crippen LogP contribution is 2.28. The van der Waals surface area contributed by atoms with Gasteiger partial charge in [0, 0.05) is 5.56 Å². The molecule has 0 bridgehead atoms. The molecule has 0 aliphatic rings. The zero-order valence-electron chi connectivity index (χ0n) is 12.1. The van der Waals surface area contributed by atoms with Crippen LogP contribution in [0.25, 0.3) is 0 Å². The first-order chi connectivity index (χ1) is 9.34. The normalized spacial score (nSPS) is 13.8. The number of hydrogen-bond acceptors (Lipinski definition) is 2. The van der Waals surface area contributed by atoms with Gasteiger partial charge in [0.1, 0.15) is 0 Å². The molecule has 1 unspecified atom stereocenters. The smallest absolute Gasteiger partial charge is 0.199 e. The number of Topliss-reactive ketones (excluding diaryl/α,β-unsaturated/α-hetero) is 1. The number of carbonyl (C=O) groups is 1. The molecule has 1 atom stereocenters. The summed E-state index contributed by atoms with van der Waals surface area (Å²) >= 11 is 0. The Hall–Kier alpha value is -1.93. The maximum Gasteiger partial charge on any atom is 0.199 e. The standard InChI is InChI=1S/C18H19O2/c1-12-10-13(2)16(14(3)11-12)17(19)18(4,20)15-8-6-5-7-9-15/h5-11,20H,4H2,1-3H3. The van der Waals surface area contributed by atoms with Crippen LogP contribution in [0.1, 0.15) is 32.6 Å². The summed E-state index contributed by atoms with van der Waals surface area (Å²) in [6.45, 7) is 9.48. The average Bonchev–Trinajstić information content (AvgIpc) is 2.38. The van der Waals surface area contributed by atoms with Crippen LogP contribution in [0.15, 0.2) is 42.5 Å². The molecule has 1 N–H and O–H groups in total. The number of hydrogen-bond donors (Lipinski definition) is 1. The van der Waals surface area contributed by atoms with Gasteiger partial charge in [0.2, 0.25) is 0 Å². The van der Waals surface area contributed by atoms with Gasteiger partial charge in [-0.1, -0.05) is 48.0 Å². The Morgan fingerprint density at radius 1 is 1.05 bits per heavy atom. The maximum atomic E-state index is 12.7. The van der Waals surface area contributed by atoms with Gasteiger partial charge in [0.15, 0.2) is 11.4 Å². The molecule has 0 fully saturated rings. The van der Waals surface area contributed by atoms with Crippen molar-refractivity contribution in [1.29, 1.82) is 0 Å². The minimum Gasteiger partial charge on any atom is -0.377 e. The fourth-order valence-electron chi connectivity index (χ4n) is 2.59. The highest BCUT2D eigenvalue weighted by atomic mass is 16.3. The SMILES string of the molecule is [CH2]C(O)(C(=O)c1c(C)cc(C)cc1C)c1ccccc1. The Balaban J connectivity index is 2.52. The van der Waals surface area contributed by atoms with E-state index in [-0.39, 0.29) is 5.78 Å². The predicted molar refractivity (Wildman–Crippen MR) is 80.7 cm³/mol.